The van der Waals surface area contributed by atoms with Gasteiger partial charge < -0.3 is 15.4 Å². The number of carbonyl (C=O) groups is 1. The Morgan fingerprint density at radius 3 is 2.30 bits per heavy atom. The fourth-order valence-electron chi connectivity index (χ4n) is 3.50. The number of ether oxygens (including phenoxy) is 1. The fourth-order valence-corrected chi connectivity index (χ4v) is 3.50. The zero-order valence-corrected chi connectivity index (χ0v) is 13.9. The van der Waals surface area contributed by atoms with Gasteiger partial charge in [0.25, 0.3) is 0 Å². The summed E-state index contributed by atoms with van der Waals surface area (Å²) in [7, 11) is 0. The lowest BCUT2D eigenvalue weighted by Gasteiger charge is -2.29. The Bertz CT molecular complexity index is 504. The topological polar surface area (TPSA) is 63.2 Å². The van der Waals surface area contributed by atoms with E-state index in [1.165, 1.54) is 12.8 Å². The van der Waals surface area contributed by atoms with Crippen LogP contribution in [0.2, 0.25) is 0 Å². The molecule has 0 atom stereocenters. The zero-order chi connectivity index (χ0) is 16.1. The van der Waals surface area contributed by atoms with Crippen molar-refractivity contribution in [3.8, 4) is 5.88 Å². The van der Waals surface area contributed by atoms with Crippen molar-refractivity contribution in [2.75, 3.05) is 0 Å². The summed E-state index contributed by atoms with van der Waals surface area (Å²) in [6, 6.07) is 4.59. The average Bonchev–Trinajstić information content (AvgIpc) is 3.04. The maximum absolute atomic E-state index is 12.0. The van der Waals surface area contributed by atoms with Gasteiger partial charge in [-0.1, -0.05) is 18.9 Å². The summed E-state index contributed by atoms with van der Waals surface area (Å²) in [5.41, 5.74) is 1.14. The lowest BCUT2D eigenvalue weighted by atomic mass is 9.93. The minimum atomic E-state index is 0.00136. The van der Waals surface area contributed by atoms with E-state index < -0.39 is 0 Å². The third kappa shape index (κ3) is 4.85. The van der Waals surface area contributed by atoms with Gasteiger partial charge in [0, 0.05) is 24.3 Å². The SMILES string of the molecule is Cc1ccc(OC2CCC(NC(=O)NC3CCCC3)CC2)nc1. The number of urea groups is 1. The molecule has 5 heteroatoms. The number of aryl methyl sites for hydroxylation is 1. The normalized spacial score (nSPS) is 25.1. The molecule has 1 heterocycles. The third-order valence-corrected chi connectivity index (χ3v) is 4.87. The molecule has 1 aromatic rings. The Hall–Kier alpha value is -1.78. The van der Waals surface area contributed by atoms with E-state index in [4.69, 9.17) is 4.74 Å². The molecule has 0 saturated heterocycles. The molecule has 126 valence electrons. The third-order valence-electron chi connectivity index (χ3n) is 4.87. The molecule has 3 rings (SSSR count). The molecule has 2 saturated carbocycles. The molecule has 0 radical (unpaired) electrons. The highest BCUT2D eigenvalue weighted by Gasteiger charge is 2.25. The van der Waals surface area contributed by atoms with Crippen LogP contribution in [-0.2, 0) is 0 Å². The molecule has 23 heavy (non-hydrogen) atoms. The Balaban J connectivity index is 1.37. The number of aromatic nitrogens is 1. The number of hydrogen-bond acceptors (Lipinski definition) is 3. The van der Waals surface area contributed by atoms with Crippen LogP contribution in [0.5, 0.6) is 5.88 Å². The first-order valence-corrected chi connectivity index (χ1v) is 8.85. The van der Waals surface area contributed by atoms with Crippen molar-refractivity contribution in [2.45, 2.75) is 76.5 Å². The second kappa shape index (κ2) is 7.66. The van der Waals surface area contributed by atoms with Gasteiger partial charge in [-0.05, 0) is 51.0 Å². The van der Waals surface area contributed by atoms with Gasteiger partial charge in [0.2, 0.25) is 5.88 Å². The lowest BCUT2D eigenvalue weighted by molar-refractivity contribution is 0.134. The maximum atomic E-state index is 12.0. The molecule has 2 N–H and O–H groups in total. The zero-order valence-electron chi connectivity index (χ0n) is 13.9. The van der Waals surface area contributed by atoms with Crippen LogP contribution < -0.4 is 15.4 Å². The van der Waals surface area contributed by atoms with Crippen LogP contribution in [0.1, 0.15) is 56.9 Å². The first kappa shape index (κ1) is 16.1. The highest BCUT2D eigenvalue weighted by Crippen LogP contribution is 2.23. The first-order chi connectivity index (χ1) is 11.2. The number of rotatable bonds is 4. The number of pyridine rings is 1. The number of carbonyl (C=O) groups excluding carboxylic acids is 1. The van der Waals surface area contributed by atoms with Gasteiger partial charge in [-0.25, -0.2) is 9.78 Å². The second-order valence-electron chi connectivity index (χ2n) is 6.86. The predicted molar refractivity (Wildman–Crippen MR) is 89.6 cm³/mol. The Morgan fingerprint density at radius 1 is 1.04 bits per heavy atom. The smallest absolute Gasteiger partial charge is 0.315 e. The molecule has 0 unspecified atom stereocenters. The maximum Gasteiger partial charge on any atom is 0.315 e. The summed E-state index contributed by atoms with van der Waals surface area (Å²) in [5.74, 6) is 0.700. The van der Waals surface area contributed by atoms with E-state index in [-0.39, 0.29) is 18.2 Å². The second-order valence-corrected chi connectivity index (χ2v) is 6.86. The van der Waals surface area contributed by atoms with Gasteiger partial charge in [-0.3, -0.25) is 0 Å². The lowest BCUT2D eigenvalue weighted by Crippen LogP contribution is -2.47. The highest BCUT2D eigenvalue weighted by molar-refractivity contribution is 5.74. The predicted octanol–water partition coefficient (Wildman–Crippen LogP) is 3.32. The van der Waals surface area contributed by atoms with Crippen molar-refractivity contribution < 1.29 is 9.53 Å². The van der Waals surface area contributed by atoms with Gasteiger partial charge in [0.05, 0.1) is 0 Å². The molecule has 2 amide bonds. The standard InChI is InChI=1S/C18H27N3O2/c1-13-6-11-17(19-12-13)23-16-9-7-15(8-10-16)21-18(22)20-14-4-2-3-5-14/h6,11-12,14-16H,2-5,7-10H2,1H3,(H2,20,21,22). The van der Waals surface area contributed by atoms with Gasteiger partial charge in [0.1, 0.15) is 6.10 Å². The van der Waals surface area contributed by atoms with E-state index in [9.17, 15) is 4.79 Å². The van der Waals surface area contributed by atoms with Crippen LogP contribution in [0.25, 0.3) is 0 Å². The molecule has 1 aromatic heterocycles. The summed E-state index contributed by atoms with van der Waals surface area (Å²) in [5, 5.41) is 6.21. The molecule has 0 bridgehead atoms. The van der Waals surface area contributed by atoms with Crippen molar-refractivity contribution in [3.63, 3.8) is 0 Å². The molecular formula is C18H27N3O2. The Kier molecular flexibility index (Phi) is 5.36. The number of nitrogens with one attached hydrogen (secondary N) is 2. The molecule has 0 aromatic carbocycles. The van der Waals surface area contributed by atoms with E-state index in [0.29, 0.717) is 11.9 Å². The van der Waals surface area contributed by atoms with Gasteiger partial charge >= 0.3 is 6.03 Å². The van der Waals surface area contributed by atoms with Crippen molar-refractivity contribution in [2.24, 2.45) is 0 Å². The van der Waals surface area contributed by atoms with Gasteiger partial charge in [-0.15, -0.1) is 0 Å². The van der Waals surface area contributed by atoms with E-state index >= 15 is 0 Å². The summed E-state index contributed by atoms with van der Waals surface area (Å²) >= 11 is 0. The fraction of sp³-hybridized carbons (Fsp3) is 0.667. The Labute approximate surface area is 138 Å². The number of hydrogen-bond donors (Lipinski definition) is 2. The van der Waals surface area contributed by atoms with E-state index in [2.05, 4.69) is 15.6 Å². The highest BCUT2D eigenvalue weighted by atomic mass is 16.5. The molecular weight excluding hydrogens is 290 g/mol. The number of nitrogens with zero attached hydrogens (tertiary/aromatic N) is 1. The average molecular weight is 317 g/mol. The van der Waals surface area contributed by atoms with Gasteiger partial charge in [-0.2, -0.15) is 0 Å². The van der Waals surface area contributed by atoms with E-state index in [1.807, 2.05) is 25.3 Å². The molecule has 0 spiro atoms. The van der Waals surface area contributed by atoms with E-state index in [0.717, 1.165) is 44.1 Å². The van der Waals surface area contributed by atoms with Crippen molar-refractivity contribution in [1.29, 1.82) is 0 Å². The first-order valence-electron chi connectivity index (χ1n) is 8.85. The molecule has 2 fully saturated rings. The molecule has 2 aliphatic rings. The van der Waals surface area contributed by atoms with Crippen LogP contribution in [-0.4, -0.2) is 29.2 Å². The molecule has 0 aliphatic heterocycles. The largest absolute Gasteiger partial charge is 0.474 e. The molecule has 2 aliphatic carbocycles. The summed E-state index contributed by atoms with van der Waals surface area (Å²) in [4.78, 5) is 16.3. The number of amides is 2. The van der Waals surface area contributed by atoms with Gasteiger partial charge in [0.15, 0.2) is 0 Å². The monoisotopic (exact) mass is 317 g/mol. The summed E-state index contributed by atoms with van der Waals surface area (Å²) < 4.78 is 5.93. The van der Waals surface area contributed by atoms with Crippen LogP contribution in [0, 0.1) is 6.92 Å². The van der Waals surface area contributed by atoms with E-state index in [1.54, 1.807) is 0 Å². The minimum Gasteiger partial charge on any atom is -0.474 e. The Morgan fingerprint density at radius 2 is 1.70 bits per heavy atom. The minimum absolute atomic E-state index is 0.00136. The molecule has 5 nitrogen and oxygen atoms in total. The van der Waals surface area contributed by atoms with Crippen LogP contribution in [0.3, 0.4) is 0 Å². The van der Waals surface area contributed by atoms with Crippen molar-refractivity contribution >= 4 is 6.03 Å². The van der Waals surface area contributed by atoms with Crippen LogP contribution >= 0.6 is 0 Å². The summed E-state index contributed by atoms with van der Waals surface area (Å²) in [6.45, 7) is 2.02. The summed E-state index contributed by atoms with van der Waals surface area (Å²) in [6.07, 6.45) is 10.6. The quantitative estimate of drug-likeness (QED) is 0.895. The van der Waals surface area contributed by atoms with Crippen molar-refractivity contribution in [3.05, 3.63) is 23.9 Å². The van der Waals surface area contributed by atoms with Crippen LogP contribution in [0.15, 0.2) is 18.3 Å². The van der Waals surface area contributed by atoms with Crippen LogP contribution in [0.4, 0.5) is 4.79 Å². The van der Waals surface area contributed by atoms with Crippen molar-refractivity contribution in [1.82, 2.24) is 15.6 Å².